The second-order valence-electron chi connectivity index (χ2n) is 3.02. The SMILES string of the molecule is O=C(O)c1ccc(-c2ccc(Cl)s2)[nH]c1=S. The van der Waals surface area contributed by atoms with Gasteiger partial charge in [0.25, 0.3) is 0 Å². The molecule has 0 atom stereocenters. The van der Waals surface area contributed by atoms with Crippen LogP contribution in [0.4, 0.5) is 0 Å². The number of hydrogen-bond donors (Lipinski definition) is 2. The number of halogens is 1. The van der Waals surface area contributed by atoms with Crippen LogP contribution in [-0.4, -0.2) is 16.1 Å². The summed E-state index contributed by atoms with van der Waals surface area (Å²) < 4.78 is 0.895. The van der Waals surface area contributed by atoms with Crippen molar-refractivity contribution in [2.24, 2.45) is 0 Å². The molecule has 0 radical (unpaired) electrons. The predicted octanol–water partition coefficient (Wildman–Crippen LogP) is 3.82. The molecule has 2 aromatic rings. The number of pyridine rings is 1. The van der Waals surface area contributed by atoms with Gasteiger partial charge in [0.05, 0.1) is 20.5 Å². The van der Waals surface area contributed by atoms with Crippen molar-refractivity contribution in [3.8, 4) is 10.6 Å². The summed E-state index contributed by atoms with van der Waals surface area (Å²) in [6, 6.07) is 6.81. The van der Waals surface area contributed by atoms with E-state index >= 15 is 0 Å². The smallest absolute Gasteiger partial charge is 0.338 e. The van der Waals surface area contributed by atoms with Crippen LogP contribution in [0.3, 0.4) is 0 Å². The summed E-state index contributed by atoms with van der Waals surface area (Å²) in [6.45, 7) is 0. The molecular weight excluding hydrogens is 266 g/mol. The first-order valence-electron chi connectivity index (χ1n) is 4.30. The molecule has 0 aliphatic carbocycles. The molecule has 2 heterocycles. The van der Waals surface area contributed by atoms with Gasteiger partial charge in [-0.25, -0.2) is 4.79 Å². The minimum Gasteiger partial charge on any atom is -0.478 e. The second kappa shape index (κ2) is 4.37. The Balaban J connectivity index is 2.50. The number of rotatable bonds is 2. The number of nitrogens with one attached hydrogen (secondary N) is 1. The van der Waals surface area contributed by atoms with Crippen molar-refractivity contribution < 1.29 is 9.90 Å². The molecule has 0 fully saturated rings. The first kappa shape index (κ1) is 11.3. The van der Waals surface area contributed by atoms with Gasteiger partial charge in [0.1, 0.15) is 4.64 Å². The van der Waals surface area contributed by atoms with Crippen molar-refractivity contribution in [2.75, 3.05) is 0 Å². The van der Waals surface area contributed by atoms with Crippen molar-refractivity contribution in [1.82, 2.24) is 4.98 Å². The quantitative estimate of drug-likeness (QED) is 0.817. The highest BCUT2D eigenvalue weighted by Crippen LogP contribution is 2.29. The van der Waals surface area contributed by atoms with Gasteiger partial charge in [0.2, 0.25) is 0 Å². The molecule has 16 heavy (non-hydrogen) atoms. The molecule has 0 amide bonds. The Bertz CT molecular complexity index is 603. The average Bonchev–Trinajstić information content (AvgIpc) is 2.64. The van der Waals surface area contributed by atoms with Gasteiger partial charge >= 0.3 is 5.97 Å². The van der Waals surface area contributed by atoms with Crippen molar-refractivity contribution in [2.45, 2.75) is 0 Å². The second-order valence-corrected chi connectivity index (χ2v) is 5.15. The number of aromatic amines is 1. The van der Waals surface area contributed by atoms with Crippen molar-refractivity contribution >= 4 is 41.1 Å². The van der Waals surface area contributed by atoms with E-state index in [1.807, 2.05) is 6.07 Å². The Morgan fingerprint density at radius 1 is 1.38 bits per heavy atom. The zero-order valence-electron chi connectivity index (χ0n) is 7.86. The molecule has 0 aromatic carbocycles. The molecule has 82 valence electrons. The molecule has 2 N–H and O–H groups in total. The van der Waals surface area contributed by atoms with Crippen LogP contribution in [0.5, 0.6) is 0 Å². The fraction of sp³-hybridized carbons (Fsp3) is 0. The van der Waals surface area contributed by atoms with E-state index in [-0.39, 0.29) is 10.2 Å². The topological polar surface area (TPSA) is 53.1 Å². The normalized spacial score (nSPS) is 10.3. The molecular formula is C10H6ClNO2S2. The zero-order valence-corrected chi connectivity index (χ0v) is 10.2. The Kier molecular flexibility index (Phi) is 3.09. The number of thiophene rings is 1. The number of aromatic carboxylic acids is 1. The molecule has 2 rings (SSSR count). The lowest BCUT2D eigenvalue weighted by Crippen LogP contribution is -1.98. The number of carboxylic acid groups (broad SMARTS) is 1. The molecule has 0 unspecified atom stereocenters. The minimum atomic E-state index is -1.03. The standard InChI is InChI=1S/C10H6ClNO2S2/c11-8-4-3-7(16-8)6-2-1-5(10(13)14)9(15)12-6/h1-4H,(H,12,15)(H,13,14). The summed E-state index contributed by atoms with van der Waals surface area (Å²) in [7, 11) is 0. The highest BCUT2D eigenvalue weighted by Gasteiger charge is 2.07. The maximum atomic E-state index is 10.8. The first-order chi connectivity index (χ1) is 7.58. The van der Waals surface area contributed by atoms with Crippen molar-refractivity contribution in [3.63, 3.8) is 0 Å². The van der Waals surface area contributed by atoms with Crippen LogP contribution in [0.2, 0.25) is 4.34 Å². The van der Waals surface area contributed by atoms with Gasteiger partial charge < -0.3 is 10.1 Å². The van der Waals surface area contributed by atoms with E-state index in [0.29, 0.717) is 4.34 Å². The fourth-order valence-electron chi connectivity index (χ4n) is 1.24. The lowest BCUT2D eigenvalue weighted by atomic mass is 10.2. The third kappa shape index (κ3) is 2.16. The summed E-state index contributed by atoms with van der Waals surface area (Å²) in [5.74, 6) is -1.03. The molecule has 0 spiro atoms. The lowest BCUT2D eigenvalue weighted by molar-refractivity contribution is 0.0696. The van der Waals surface area contributed by atoms with E-state index in [2.05, 4.69) is 4.98 Å². The van der Waals surface area contributed by atoms with Gasteiger partial charge in [-0.1, -0.05) is 23.8 Å². The maximum absolute atomic E-state index is 10.8. The van der Waals surface area contributed by atoms with Crippen LogP contribution in [0.15, 0.2) is 24.3 Å². The van der Waals surface area contributed by atoms with Crippen LogP contribution in [0, 0.1) is 4.64 Å². The van der Waals surface area contributed by atoms with Crippen LogP contribution in [0.25, 0.3) is 10.6 Å². The van der Waals surface area contributed by atoms with E-state index in [1.54, 1.807) is 12.1 Å². The van der Waals surface area contributed by atoms with E-state index in [9.17, 15) is 4.79 Å². The van der Waals surface area contributed by atoms with E-state index < -0.39 is 5.97 Å². The number of carbonyl (C=O) groups is 1. The third-order valence-electron chi connectivity index (χ3n) is 1.98. The molecule has 0 bridgehead atoms. The summed E-state index contributed by atoms with van der Waals surface area (Å²) in [6.07, 6.45) is 0. The molecule has 0 saturated carbocycles. The Labute approximate surface area is 105 Å². The Morgan fingerprint density at radius 2 is 2.12 bits per heavy atom. The predicted molar refractivity (Wildman–Crippen MR) is 66.9 cm³/mol. The Hall–Kier alpha value is -1.17. The highest BCUT2D eigenvalue weighted by atomic mass is 35.5. The fourth-order valence-corrected chi connectivity index (χ4v) is 2.53. The number of H-pyrrole nitrogens is 1. The number of carboxylic acids is 1. The van der Waals surface area contributed by atoms with E-state index in [0.717, 1.165) is 10.6 Å². The molecule has 3 nitrogen and oxygen atoms in total. The van der Waals surface area contributed by atoms with Gasteiger partial charge in [0, 0.05) is 0 Å². The van der Waals surface area contributed by atoms with Crippen molar-refractivity contribution in [1.29, 1.82) is 0 Å². The van der Waals surface area contributed by atoms with Crippen LogP contribution < -0.4 is 0 Å². The number of aromatic nitrogens is 1. The van der Waals surface area contributed by atoms with Gasteiger partial charge in [-0.05, 0) is 24.3 Å². The van der Waals surface area contributed by atoms with Gasteiger partial charge in [-0.15, -0.1) is 11.3 Å². The number of hydrogen-bond acceptors (Lipinski definition) is 3. The maximum Gasteiger partial charge on any atom is 0.338 e. The van der Waals surface area contributed by atoms with Crippen LogP contribution in [-0.2, 0) is 0 Å². The molecule has 0 aliphatic heterocycles. The zero-order chi connectivity index (χ0) is 11.7. The third-order valence-corrected chi connectivity index (χ3v) is 3.56. The van der Waals surface area contributed by atoms with Crippen molar-refractivity contribution in [3.05, 3.63) is 38.8 Å². The summed E-state index contributed by atoms with van der Waals surface area (Å²) in [5.41, 5.74) is 0.869. The summed E-state index contributed by atoms with van der Waals surface area (Å²) in [5, 5.41) is 8.83. The average molecular weight is 272 g/mol. The van der Waals surface area contributed by atoms with E-state index in [1.165, 1.54) is 17.4 Å². The monoisotopic (exact) mass is 271 g/mol. The van der Waals surface area contributed by atoms with E-state index in [4.69, 9.17) is 28.9 Å². The van der Waals surface area contributed by atoms with Gasteiger partial charge in [0.15, 0.2) is 0 Å². The summed E-state index contributed by atoms with van der Waals surface area (Å²) in [4.78, 5) is 14.6. The van der Waals surface area contributed by atoms with Gasteiger partial charge in [-0.2, -0.15) is 0 Å². The molecule has 6 heteroatoms. The summed E-state index contributed by atoms with van der Waals surface area (Å²) >= 11 is 12.2. The van der Waals surface area contributed by atoms with Crippen LogP contribution >= 0.6 is 35.2 Å². The minimum absolute atomic E-state index is 0.0985. The first-order valence-corrected chi connectivity index (χ1v) is 5.90. The Morgan fingerprint density at radius 3 is 2.62 bits per heavy atom. The highest BCUT2D eigenvalue weighted by molar-refractivity contribution is 7.71. The van der Waals surface area contributed by atoms with Crippen LogP contribution in [0.1, 0.15) is 10.4 Å². The lowest BCUT2D eigenvalue weighted by Gasteiger charge is -2.00. The molecule has 0 aliphatic rings. The largest absolute Gasteiger partial charge is 0.478 e. The molecule has 0 saturated heterocycles. The molecule has 2 aromatic heterocycles. The van der Waals surface area contributed by atoms with Gasteiger partial charge in [-0.3, -0.25) is 0 Å².